The van der Waals surface area contributed by atoms with Gasteiger partial charge >= 0.3 is 0 Å². The molecule has 0 atom stereocenters. The Morgan fingerprint density at radius 2 is 1.78 bits per heavy atom. The van der Waals surface area contributed by atoms with Gasteiger partial charge in [0.2, 0.25) is 5.95 Å². The Balaban J connectivity index is 0.000000556. The minimum atomic E-state index is -2.19. The van der Waals surface area contributed by atoms with Gasteiger partial charge in [0.1, 0.15) is 11.6 Å². The molecule has 1 N–H and O–H groups in total. The van der Waals surface area contributed by atoms with Crippen LogP contribution in [0.25, 0.3) is 11.0 Å². The summed E-state index contributed by atoms with van der Waals surface area (Å²) in [6, 6.07) is 2.13. The van der Waals surface area contributed by atoms with Crippen LogP contribution < -0.4 is 20.6 Å². The monoisotopic (exact) mass is 450 g/mol. The van der Waals surface area contributed by atoms with E-state index in [1.165, 1.54) is 4.90 Å². The molecule has 12 heteroatoms. The van der Waals surface area contributed by atoms with E-state index in [2.05, 4.69) is 19.9 Å². The first-order valence-electron chi connectivity index (χ1n) is 10.4. The molecule has 0 aliphatic carbocycles. The largest absolute Gasteiger partial charge is 0.543 e. The summed E-state index contributed by atoms with van der Waals surface area (Å²) >= 11 is 0. The third kappa shape index (κ3) is 8.02. The van der Waals surface area contributed by atoms with Crippen molar-refractivity contribution in [2.45, 2.75) is 46.2 Å². The zero-order chi connectivity index (χ0) is 24.1. The summed E-state index contributed by atoms with van der Waals surface area (Å²) in [4.78, 5) is 38.9. The average molecular weight is 450 g/mol. The second-order valence-corrected chi connectivity index (χ2v) is 6.39. The molecule has 1 fully saturated rings. The molecule has 2 aromatic heterocycles. The summed E-state index contributed by atoms with van der Waals surface area (Å²) in [7, 11) is 0. The predicted molar refractivity (Wildman–Crippen MR) is 109 cm³/mol. The Kier molecular flexibility index (Phi) is 11.5. The SMILES string of the molecule is CC.CCOCCn1c(NC2CCN(C(=O)[O-])CC2)nc2cnccc21.O=C([O-])C(=O)[O-]. The van der Waals surface area contributed by atoms with Crippen LogP contribution in [-0.4, -0.2) is 69.8 Å². The summed E-state index contributed by atoms with van der Waals surface area (Å²) in [6.45, 7) is 8.94. The van der Waals surface area contributed by atoms with E-state index in [-0.39, 0.29) is 6.04 Å². The van der Waals surface area contributed by atoms with Gasteiger partial charge < -0.3 is 49.2 Å². The lowest BCUT2D eigenvalue weighted by Gasteiger charge is -2.34. The Bertz CT molecular complexity index is 866. The number of pyridine rings is 1. The van der Waals surface area contributed by atoms with Crippen LogP contribution in [0.2, 0.25) is 0 Å². The molecule has 0 spiro atoms. The number of aliphatic carboxylic acids is 2. The number of hydrogen-bond donors (Lipinski definition) is 1. The molecule has 12 nitrogen and oxygen atoms in total. The molecule has 0 bridgehead atoms. The second kappa shape index (κ2) is 13.8. The third-order valence-corrected chi connectivity index (χ3v) is 4.47. The smallest absolute Gasteiger partial charge is 0.204 e. The molecular weight excluding hydrogens is 422 g/mol. The van der Waals surface area contributed by atoms with E-state index in [0.717, 1.165) is 29.8 Å². The first-order valence-corrected chi connectivity index (χ1v) is 10.4. The number of ether oxygens (including phenoxy) is 1. The van der Waals surface area contributed by atoms with Crippen molar-refractivity contribution in [2.24, 2.45) is 0 Å². The molecule has 1 saturated heterocycles. The van der Waals surface area contributed by atoms with Crippen molar-refractivity contribution < 1.29 is 34.4 Å². The van der Waals surface area contributed by atoms with E-state index in [0.29, 0.717) is 32.8 Å². The lowest BCUT2D eigenvalue weighted by atomic mass is 10.1. The van der Waals surface area contributed by atoms with Gasteiger partial charge in [-0.2, -0.15) is 0 Å². The molecule has 0 saturated carbocycles. The van der Waals surface area contributed by atoms with E-state index in [1.54, 1.807) is 12.4 Å². The Hall–Kier alpha value is -3.41. The Morgan fingerprint density at radius 3 is 2.31 bits per heavy atom. The van der Waals surface area contributed by atoms with E-state index in [1.807, 2.05) is 26.8 Å². The van der Waals surface area contributed by atoms with Gasteiger partial charge in [0.15, 0.2) is 0 Å². The molecule has 1 aliphatic heterocycles. The molecular formula is C20H28N5O7-3. The predicted octanol–water partition coefficient (Wildman–Crippen LogP) is -1.80. The molecule has 3 heterocycles. The van der Waals surface area contributed by atoms with Crippen LogP contribution in [0.15, 0.2) is 18.5 Å². The fourth-order valence-corrected chi connectivity index (χ4v) is 3.01. The number of aromatic nitrogens is 3. The van der Waals surface area contributed by atoms with Gasteiger partial charge in [-0.15, -0.1) is 0 Å². The molecule has 0 unspecified atom stereocenters. The van der Waals surface area contributed by atoms with Gasteiger partial charge in [-0.05, 0) is 25.8 Å². The number of carboxylic acids is 2. The topological polar surface area (TPSA) is 176 Å². The number of carbonyl (C=O) groups excluding carboxylic acids is 3. The zero-order valence-corrected chi connectivity index (χ0v) is 18.4. The number of carboxylic acid groups (broad SMARTS) is 3. The number of anilines is 1. The maximum absolute atomic E-state index is 10.9. The highest BCUT2D eigenvalue weighted by Gasteiger charge is 2.21. The van der Waals surface area contributed by atoms with Crippen LogP contribution in [-0.2, 0) is 20.9 Å². The number of fused-ring (bicyclic) bond motifs is 1. The molecule has 2 aromatic rings. The van der Waals surface area contributed by atoms with Crippen LogP contribution in [0.1, 0.15) is 33.6 Å². The fraction of sp³-hybridized carbons (Fsp3) is 0.550. The Morgan fingerprint density at radius 1 is 1.16 bits per heavy atom. The number of piperidine rings is 1. The fourth-order valence-electron chi connectivity index (χ4n) is 3.01. The first-order chi connectivity index (χ1) is 15.3. The molecule has 1 aliphatic rings. The van der Waals surface area contributed by atoms with Crippen molar-refractivity contribution in [1.82, 2.24) is 19.4 Å². The van der Waals surface area contributed by atoms with Crippen LogP contribution >= 0.6 is 0 Å². The maximum Gasteiger partial charge on any atom is 0.204 e. The normalized spacial score (nSPS) is 13.4. The molecule has 0 radical (unpaired) electrons. The van der Waals surface area contributed by atoms with Crippen molar-refractivity contribution in [3.05, 3.63) is 18.5 Å². The van der Waals surface area contributed by atoms with Crippen LogP contribution in [0, 0.1) is 0 Å². The van der Waals surface area contributed by atoms with Crippen molar-refractivity contribution in [2.75, 3.05) is 31.6 Å². The van der Waals surface area contributed by atoms with Gasteiger partial charge in [-0.3, -0.25) is 4.98 Å². The first kappa shape index (κ1) is 26.6. The number of nitrogens with one attached hydrogen (secondary N) is 1. The summed E-state index contributed by atoms with van der Waals surface area (Å²) in [5, 5.41) is 32.2. The number of likely N-dealkylation sites (tertiary alicyclic amines) is 1. The second-order valence-electron chi connectivity index (χ2n) is 6.39. The van der Waals surface area contributed by atoms with Crippen LogP contribution in [0.5, 0.6) is 0 Å². The highest BCUT2D eigenvalue weighted by molar-refractivity contribution is 6.25. The highest BCUT2D eigenvalue weighted by Crippen LogP contribution is 2.21. The minimum Gasteiger partial charge on any atom is -0.543 e. The van der Waals surface area contributed by atoms with E-state index in [9.17, 15) is 9.90 Å². The number of carbonyl (C=O) groups is 3. The third-order valence-electron chi connectivity index (χ3n) is 4.47. The minimum absolute atomic E-state index is 0.191. The lowest BCUT2D eigenvalue weighted by Crippen LogP contribution is -2.48. The average Bonchev–Trinajstić information content (AvgIpc) is 3.13. The van der Waals surface area contributed by atoms with E-state index < -0.39 is 18.0 Å². The summed E-state index contributed by atoms with van der Waals surface area (Å²) < 4.78 is 7.57. The van der Waals surface area contributed by atoms with Crippen molar-refractivity contribution >= 4 is 35.0 Å². The lowest BCUT2D eigenvalue weighted by molar-refractivity contribution is -0.345. The molecule has 178 valence electrons. The molecule has 32 heavy (non-hydrogen) atoms. The molecule has 3 rings (SSSR count). The highest BCUT2D eigenvalue weighted by atomic mass is 16.5. The number of hydrogen-bond acceptors (Lipinski definition) is 10. The number of rotatable bonds is 6. The number of amides is 1. The zero-order valence-electron chi connectivity index (χ0n) is 18.4. The van der Waals surface area contributed by atoms with Gasteiger partial charge in [0, 0.05) is 38.5 Å². The van der Waals surface area contributed by atoms with Crippen LogP contribution in [0.3, 0.4) is 0 Å². The standard InChI is InChI=1S/C16H23N5O3.C2H2O4.C2H6/c1-2-24-10-9-21-14-3-6-17-11-13(14)19-15(21)18-12-4-7-20(8-5-12)16(22)23;3-1(4)2(5)6;1-2/h3,6,11-12H,2,4-5,7-10H2,1H3,(H,18,19)(H,22,23);(H,3,4)(H,5,6);1-2H3/p-3. The van der Waals surface area contributed by atoms with Gasteiger partial charge in [-0.25, -0.2) is 4.98 Å². The van der Waals surface area contributed by atoms with Crippen LogP contribution in [0.4, 0.5) is 10.7 Å². The maximum atomic E-state index is 10.9. The van der Waals surface area contributed by atoms with Crippen molar-refractivity contribution in [1.29, 1.82) is 0 Å². The van der Waals surface area contributed by atoms with Gasteiger partial charge in [-0.1, -0.05) is 13.8 Å². The van der Waals surface area contributed by atoms with Crippen molar-refractivity contribution in [3.63, 3.8) is 0 Å². The Labute approximate surface area is 185 Å². The summed E-state index contributed by atoms with van der Waals surface area (Å²) in [5.74, 6) is -3.59. The van der Waals surface area contributed by atoms with E-state index >= 15 is 0 Å². The number of imidazole rings is 1. The quantitative estimate of drug-likeness (QED) is 0.390. The van der Waals surface area contributed by atoms with E-state index in [4.69, 9.17) is 24.5 Å². The summed E-state index contributed by atoms with van der Waals surface area (Å²) in [5.41, 5.74) is 1.85. The van der Waals surface area contributed by atoms with Gasteiger partial charge in [0.05, 0.1) is 30.3 Å². The van der Waals surface area contributed by atoms with Crippen molar-refractivity contribution in [3.8, 4) is 0 Å². The molecule has 1 amide bonds. The molecule has 0 aromatic carbocycles. The summed E-state index contributed by atoms with van der Waals surface area (Å²) in [6.07, 6.45) is 3.88. The number of nitrogens with zero attached hydrogens (tertiary/aromatic N) is 4. The van der Waals surface area contributed by atoms with Gasteiger partial charge in [0.25, 0.3) is 0 Å².